The van der Waals surface area contributed by atoms with E-state index >= 15 is 0 Å². The molecular formula is C24H30F3N9O. The normalized spacial score (nSPS) is 19.3. The van der Waals surface area contributed by atoms with E-state index in [1.54, 1.807) is 25.3 Å². The third-order valence-corrected chi connectivity index (χ3v) is 6.95. The summed E-state index contributed by atoms with van der Waals surface area (Å²) in [6.45, 7) is 6.60. The first-order chi connectivity index (χ1) is 17.8. The van der Waals surface area contributed by atoms with Crippen LogP contribution in [-0.2, 0) is 10.9 Å². The monoisotopic (exact) mass is 517 g/mol. The van der Waals surface area contributed by atoms with E-state index in [1.807, 2.05) is 11.8 Å². The van der Waals surface area contributed by atoms with Crippen molar-refractivity contribution in [2.75, 3.05) is 43.1 Å². The van der Waals surface area contributed by atoms with Gasteiger partial charge in [-0.3, -0.25) is 9.78 Å². The van der Waals surface area contributed by atoms with Crippen LogP contribution in [0, 0.1) is 12.3 Å². The molecule has 5 rings (SSSR count). The minimum atomic E-state index is -4.68. The van der Waals surface area contributed by atoms with Gasteiger partial charge in [-0.15, -0.1) is 0 Å². The van der Waals surface area contributed by atoms with E-state index in [0.717, 1.165) is 19.3 Å². The summed E-state index contributed by atoms with van der Waals surface area (Å²) in [7, 11) is 0. The Labute approximate surface area is 212 Å². The third kappa shape index (κ3) is 4.92. The topological polar surface area (TPSA) is 120 Å². The number of morpholine rings is 1. The van der Waals surface area contributed by atoms with Gasteiger partial charge in [-0.25, -0.2) is 4.98 Å². The number of nitrogens with one attached hydrogen (secondary N) is 4. The number of nitrogens with zero attached hydrogens (tertiary/aromatic N) is 5. The number of alkyl halides is 3. The summed E-state index contributed by atoms with van der Waals surface area (Å²) < 4.78 is 50.4. The molecule has 0 spiro atoms. The molecule has 3 aromatic heterocycles. The van der Waals surface area contributed by atoms with Gasteiger partial charge in [0.05, 0.1) is 31.5 Å². The van der Waals surface area contributed by atoms with Gasteiger partial charge >= 0.3 is 6.18 Å². The van der Waals surface area contributed by atoms with Crippen molar-refractivity contribution in [3.8, 4) is 11.1 Å². The summed E-state index contributed by atoms with van der Waals surface area (Å²) >= 11 is 0. The van der Waals surface area contributed by atoms with E-state index in [4.69, 9.17) is 15.1 Å². The number of piperidine rings is 1. The highest BCUT2D eigenvalue weighted by molar-refractivity contribution is 5.97. The van der Waals surface area contributed by atoms with Crippen molar-refractivity contribution in [3.05, 3.63) is 35.3 Å². The highest BCUT2D eigenvalue weighted by Crippen LogP contribution is 2.43. The number of halogens is 3. The molecule has 0 amide bonds. The molecule has 1 atom stereocenters. The predicted octanol–water partition coefficient (Wildman–Crippen LogP) is 3.89. The average Bonchev–Trinajstić information content (AvgIpc) is 3.52. The molecule has 10 nitrogen and oxygen atoms in total. The van der Waals surface area contributed by atoms with Crippen LogP contribution >= 0.6 is 0 Å². The Bertz CT molecular complexity index is 1250. The van der Waals surface area contributed by atoms with Crippen LogP contribution in [0.25, 0.3) is 11.1 Å². The fraction of sp³-hybridized carbons (Fsp3) is 0.500. The summed E-state index contributed by atoms with van der Waals surface area (Å²) in [6.07, 6.45) is -0.707. The molecule has 0 aliphatic carbocycles. The molecule has 4 N–H and O–H groups in total. The van der Waals surface area contributed by atoms with Gasteiger partial charge < -0.3 is 25.7 Å². The van der Waals surface area contributed by atoms with Crippen molar-refractivity contribution in [2.24, 2.45) is 0 Å². The van der Waals surface area contributed by atoms with Crippen LogP contribution in [0.1, 0.15) is 42.8 Å². The maximum atomic E-state index is 14.4. The van der Waals surface area contributed by atoms with Gasteiger partial charge in [0.1, 0.15) is 17.5 Å². The molecule has 0 saturated carbocycles. The van der Waals surface area contributed by atoms with E-state index in [0.29, 0.717) is 49.9 Å². The van der Waals surface area contributed by atoms with Crippen LogP contribution in [0.15, 0.2) is 18.3 Å². The maximum absolute atomic E-state index is 14.4. The number of hydrogen-bond donors (Lipinski definition) is 4. The Morgan fingerprint density at radius 3 is 2.70 bits per heavy atom. The summed E-state index contributed by atoms with van der Waals surface area (Å²) in [6, 6.07) is 3.16. The fourth-order valence-corrected chi connectivity index (χ4v) is 5.10. The second-order valence-electron chi connectivity index (χ2n) is 9.38. The lowest BCUT2D eigenvalue weighted by molar-refractivity contribution is -0.141. The van der Waals surface area contributed by atoms with E-state index in [2.05, 4.69) is 25.9 Å². The molecule has 5 heterocycles. The summed E-state index contributed by atoms with van der Waals surface area (Å²) in [5.74, 6) is 1.26. The molecule has 3 aromatic rings. The lowest BCUT2D eigenvalue weighted by atomic mass is 9.97. The molecule has 0 bridgehead atoms. The highest BCUT2D eigenvalue weighted by atomic mass is 19.4. The molecule has 2 aliphatic heterocycles. The van der Waals surface area contributed by atoms with Crippen molar-refractivity contribution >= 4 is 23.7 Å². The van der Waals surface area contributed by atoms with Gasteiger partial charge in [0.2, 0.25) is 0 Å². The smallest absolute Gasteiger partial charge is 0.377 e. The van der Waals surface area contributed by atoms with E-state index in [1.165, 1.54) is 4.68 Å². The summed E-state index contributed by atoms with van der Waals surface area (Å²) in [5.41, 5.74) is -0.0708. The van der Waals surface area contributed by atoms with Gasteiger partial charge in [0, 0.05) is 41.2 Å². The van der Waals surface area contributed by atoms with Gasteiger partial charge in [0.15, 0.2) is 5.69 Å². The first-order valence-electron chi connectivity index (χ1n) is 12.3. The number of rotatable bonds is 6. The summed E-state index contributed by atoms with van der Waals surface area (Å²) in [4.78, 5) is 6.75. The molecule has 0 radical (unpaired) electrons. The first-order valence-corrected chi connectivity index (χ1v) is 12.3. The van der Waals surface area contributed by atoms with Crippen LogP contribution in [0.2, 0.25) is 0 Å². The number of aromatic nitrogens is 5. The lowest BCUT2D eigenvalue weighted by Crippen LogP contribution is -2.44. The Hall–Kier alpha value is -3.45. The maximum Gasteiger partial charge on any atom is 0.435 e. The number of ether oxygens (including phenoxy) is 1. The zero-order valence-corrected chi connectivity index (χ0v) is 20.7. The summed E-state index contributed by atoms with van der Waals surface area (Å²) in [5, 5.41) is 25.4. The average molecular weight is 518 g/mol. The fourth-order valence-electron chi connectivity index (χ4n) is 5.10. The van der Waals surface area contributed by atoms with Crippen molar-refractivity contribution in [1.82, 2.24) is 30.3 Å². The zero-order chi connectivity index (χ0) is 26.2. The van der Waals surface area contributed by atoms with Crippen molar-refractivity contribution in [1.29, 1.82) is 5.41 Å². The van der Waals surface area contributed by atoms with E-state index in [-0.39, 0.29) is 34.6 Å². The Morgan fingerprint density at radius 2 is 2.05 bits per heavy atom. The predicted molar refractivity (Wildman–Crippen MR) is 134 cm³/mol. The molecule has 198 valence electrons. The zero-order valence-electron chi connectivity index (χ0n) is 20.7. The SMILES string of the molecule is Cc1c(-c2cc(N3CCOC[C@H]3C)nc(Nc3ccn[nH]3)c2C=N)c(C(F)(F)F)nn1C1CCNCC1. The Kier molecular flexibility index (Phi) is 6.90. The minimum absolute atomic E-state index is 0.0262. The molecular weight excluding hydrogens is 487 g/mol. The molecule has 2 aliphatic rings. The second-order valence-corrected chi connectivity index (χ2v) is 9.38. The first kappa shape index (κ1) is 25.2. The quantitative estimate of drug-likeness (QED) is 0.366. The van der Waals surface area contributed by atoms with Crippen LogP contribution < -0.4 is 15.5 Å². The lowest BCUT2D eigenvalue weighted by Gasteiger charge is -2.35. The molecule has 37 heavy (non-hydrogen) atoms. The van der Waals surface area contributed by atoms with Gasteiger partial charge in [-0.1, -0.05) is 0 Å². The molecule has 0 unspecified atom stereocenters. The molecule has 13 heteroatoms. The van der Waals surface area contributed by atoms with Gasteiger partial charge in [-0.05, 0) is 45.8 Å². The standard InChI is InChI=1S/C24H30F3N9O/c1-14-13-37-10-9-35(14)20-11-17(18(12-28)23(32-20)31-19-5-8-30-33-19)21-15(2)36(16-3-6-29-7-4-16)34-22(21)24(25,26)27/h5,8,11-12,14,16,28-29H,3-4,6-7,9-10,13H2,1-2H3,(H2,30,31,32,33)/t14-/m1/s1. The Morgan fingerprint density at radius 1 is 1.27 bits per heavy atom. The third-order valence-electron chi connectivity index (χ3n) is 6.95. The van der Waals surface area contributed by atoms with Gasteiger partial charge in [-0.2, -0.15) is 23.4 Å². The molecule has 0 aromatic carbocycles. The van der Waals surface area contributed by atoms with Crippen molar-refractivity contribution in [3.63, 3.8) is 0 Å². The Balaban J connectivity index is 1.73. The number of H-pyrrole nitrogens is 1. The van der Waals surface area contributed by atoms with Crippen molar-refractivity contribution in [2.45, 2.75) is 44.9 Å². The number of pyridine rings is 1. The second kappa shape index (κ2) is 10.1. The van der Waals surface area contributed by atoms with E-state index in [9.17, 15) is 13.2 Å². The van der Waals surface area contributed by atoms with Crippen LogP contribution in [0.3, 0.4) is 0 Å². The minimum Gasteiger partial charge on any atom is -0.377 e. The number of hydrogen-bond acceptors (Lipinski definition) is 8. The molecule has 2 saturated heterocycles. The highest BCUT2D eigenvalue weighted by Gasteiger charge is 2.41. The van der Waals surface area contributed by atoms with Crippen molar-refractivity contribution < 1.29 is 17.9 Å². The van der Waals surface area contributed by atoms with Gasteiger partial charge in [0.25, 0.3) is 0 Å². The molecule has 2 fully saturated rings. The van der Waals surface area contributed by atoms with Crippen LogP contribution in [0.5, 0.6) is 0 Å². The van der Waals surface area contributed by atoms with E-state index < -0.39 is 11.9 Å². The number of anilines is 3. The number of aromatic amines is 1. The van der Waals surface area contributed by atoms with Crippen LogP contribution in [0.4, 0.5) is 30.6 Å². The largest absolute Gasteiger partial charge is 0.435 e. The van der Waals surface area contributed by atoms with Crippen LogP contribution in [-0.4, -0.2) is 70.1 Å².